The molecule has 1 amide bonds. The number of anilines is 1. The van der Waals surface area contributed by atoms with E-state index in [0.29, 0.717) is 11.8 Å². The SMILES string of the molecule is Cc1cccc(OC(C)C(=O)N2CCN(c3ccc(C(F)(F)F)cc3[N+](=O)[O-])CC2)c1. The number of nitrogens with zero attached hydrogens (tertiary/aromatic N) is 3. The number of piperazine rings is 1. The Kier molecular flexibility index (Phi) is 6.37. The largest absolute Gasteiger partial charge is 0.481 e. The zero-order chi connectivity index (χ0) is 22.8. The van der Waals surface area contributed by atoms with Gasteiger partial charge in [-0.2, -0.15) is 13.2 Å². The molecule has 0 radical (unpaired) electrons. The third-order valence-electron chi connectivity index (χ3n) is 5.08. The molecule has 0 aromatic heterocycles. The first-order chi connectivity index (χ1) is 14.6. The summed E-state index contributed by atoms with van der Waals surface area (Å²) in [6.07, 6.45) is -5.38. The molecule has 166 valence electrons. The molecule has 2 aromatic rings. The second kappa shape index (κ2) is 8.83. The summed E-state index contributed by atoms with van der Waals surface area (Å²) in [7, 11) is 0. The lowest BCUT2D eigenvalue weighted by atomic mass is 10.1. The van der Waals surface area contributed by atoms with Gasteiger partial charge in [0.25, 0.3) is 11.6 Å². The number of carbonyl (C=O) groups excluding carboxylic acids is 1. The van der Waals surface area contributed by atoms with Crippen LogP contribution in [0.5, 0.6) is 5.75 Å². The van der Waals surface area contributed by atoms with Crippen LogP contribution in [0.15, 0.2) is 42.5 Å². The molecule has 1 aliphatic rings. The van der Waals surface area contributed by atoms with Crippen molar-refractivity contribution in [3.63, 3.8) is 0 Å². The summed E-state index contributed by atoms with van der Waals surface area (Å²) in [5.74, 6) is 0.364. The number of hydrogen-bond donors (Lipinski definition) is 0. The van der Waals surface area contributed by atoms with Crippen LogP contribution in [0.1, 0.15) is 18.1 Å². The average Bonchev–Trinajstić information content (AvgIpc) is 2.72. The summed E-state index contributed by atoms with van der Waals surface area (Å²) in [6, 6.07) is 9.82. The van der Waals surface area contributed by atoms with Gasteiger partial charge in [0.1, 0.15) is 11.4 Å². The van der Waals surface area contributed by atoms with Crippen LogP contribution in [0.4, 0.5) is 24.5 Å². The topological polar surface area (TPSA) is 75.9 Å². The van der Waals surface area contributed by atoms with Crippen molar-refractivity contribution in [2.45, 2.75) is 26.1 Å². The normalized spacial score (nSPS) is 15.5. The molecule has 2 aromatic carbocycles. The molecular formula is C21H22F3N3O4. The first kappa shape index (κ1) is 22.4. The molecule has 1 aliphatic heterocycles. The monoisotopic (exact) mass is 437 g/mol. The van der Waals surface area contributed by atoms with Crippen LogP contribution in [0.3, 0.4) is 0 Å². The molecule has 7 nitrogen and oxygen atoms in total. The summed E-state index contributed by atoms with van der Waals surface area (Å²) in [4.78, 5) is 26.4. The summed E-state index contributed by atoms with van der Waals surface area (Å²) < 4.78 is 44.4. The van der Waals surface area contributed by atoms with E-state index in [4.69, 9.17) is 4.74 Å². The molecule has 1 saturated heterocycles. The fraction of sp³-hybridized carbons (Fsp3) is 0.381. The van der Waals surface area contributed by atoms with Gasteiger partial charge >= 0.3 is 6.18 Å². The van der Waals surface area contributed by atoms with Gasteiger partial charge in [-0.05, 0) is 43.7 Å². The number of carbonyl (C=O) groups is 1. The van der Waals surface area contributed by atoms with Crippen LogP contribution in [-0.4, -0.2) is 48.0 Å². The molecule has 0 N–H and O–H groups in total. The number of rotatable bonds is 5. The summed E-state index contributed by atoms with van der Waals surface area (Å²) in [5, 5.41) is 11.3. The molecule has 1 unspecified atom stereocenters. The fourth-order valence-corrected chi connectivity index (χ4v) is 3.48. The summed E-state index contributed by atoms with van der Waals surface area (Å²) in [5.41, 5.74) is -0.567. The maximum absolute atomic E-state index is 12.9. The van der Waals surface area contributed by atoms with E-state index in [1.165, 1.54) is 0 Å². The molecule has 0 aliphatic carbocycles. The van der Waals surface area contributed by atoms with Crippen molar-refractivity contribution in [3.8, 4) is 5.75 Å². The van der Waals surface area contributed by atoms with Gasteiger partial charge in [-0.1, -0.05) is 12.1 Å². The maximum atomic E-state index is 12.9. The Bertz CT molecular complexity index is 973. The van der Waals surface area contributed by atoms with Gasteiger partial charge < -0.3 is 14.5 Å². The van der Waals surface area contributed by atoms with Crippen LogP contribution in [0.2, 0.25) is 0 Å². The lowest BCUT2D eigenvalue weighted by Gasteiger charge is -2.36. The Morgan fingerprint density at radius 3 is 2.39 bits per heavy atom. The van der Waals surface area contributed by atoms with Crippen LogP contribution in [-0.2, 0) is 11.0 Å². The molecule has 1 atom stereocenters. The molecule has 1 heterocycles. The zero-order valence-electron chi connectivity index (χ0n) is 17.1. The van der Waals surface area contributed by atoms with E-state index >= 15 is 0 Å². The Hall–Kier alpha value is -3.30. The molecule has 10 heteroatoms. The highest BCUT2D eigenvalue weighted by molar-refractivity contribution is 5.81. The van der Waals surface area contributed by atoms with Crippen LogP contribution >= 0.6 is 0 Å². The number of aryl methyl sites for hydroxylation is 1. The Balaban J connectivity index is 1.66. The van der Waals surface area contributed by atoms with E-state index in [9.17, 15) is 28.1 Å². The van der Waals surface area contributed by atoms with Gasteiger partial charge in [0, 0.05) is 32.2 Å². The van der Waals surface area contributed by atoms with Gasteiger partial charge in [-0.15, -0.1) is 0 Å². The first-order valence-corrected chi connectivity index (χ1v) is 9.69. The van der Waals surface area contributed by atoms with Crippen molar-refractivity contribution < 1.29 is 27.6 Å². The standard InChI is InChI=1S/C21H22F3N3O4/c1-14-4-3-5-17(12-14)31-15(2)20(28)26-10-8-25(9-11-26)18-7-6-16(21(22,23)24)13-19(18)27(29)30/h3-7,12-13,15H,8-11H2,1-2H3. The first-order valence-electron chi connectivity index (χ1n) is 9.69. The van der Waals surface area contributed by atoms with Crippen LogP contribution in [0, 0.1) is 17.0 Å². The van der Waals surface area contributed by atoms with Gasteiger partial charge in [0.05, 0.1) is 10.5 Å². The molecule has 0 saturated carbocycles. The average molecular weight is 437 g/mol. The highest BCUT2D eigenvalue weighted by Gasteiger charge is 2.34. The highest BCUT2D eigenvalue weighted by atomic mass is 19.4. The van der Waals surface area contributed by atoms with E-state index < -0.39 is 28.5 Å². The molecule has 1 fully saturated rings. The summed E-state index contributed by atoms with van der Waals surface area (Å²) in [6.45, 7) is 4.64. The van der Waals surface area contributed by atoms with E-state index in [2.05, 4.69) is 0 Å². The molecule has 0 bridgehead atoms. The second-order valence-corrected chi connectivity index (χ2v) is 7.35. The van der Waals surface area contributed by atoms with E-state index in [-0.39, 0.29) is 37.8 Å². The smallest absolute Gasteiger partial charge is 0.416 e. The Morgan fingerprint density at radius 2 is 1.81 bits per heavy atom. The number of alkyl halides is 3. The Morgan fingerprint density at radius 1 is 1.13 bits per heavy atom. The van der Waals surface area contributed by atoms with Crippen molar-refractivity contribution in [2.24, 2.45) is 0 Å². The number of benzene rings is 2. The van der Waals surface area contributed by atoms with Gasteiger partial charge in [-0.25, -0.2) is 0 Å². The third kappa shape index (κ3) is 5.25. The fourth-order valence-electron chi connectivity index (χ4n) is 3.48. The Labute approximate surface area is 177 Å². The van der Waals surface area contributed by atoms with E-state index in [1.807, 2.05) is 25.1 Å². The predicted octanol–water partition coefficient (Wildman–Crippen LogP) is 4.04. The van der Waals surface area contributed by atoms with Crippen molar-refractivity contribution in [3.05, 3.63) is 63.7 Å². The maximum Gasteiger partial charge on any atom is 0.416 e. The van der Waals surface area contributed by atoms with E-state index in [0.717, 1.165) is 17.7 Å². The van der Waals surface area contributed by atoms with Gasteiger partial charge in [0.15, 0.2) is 6.10 Å². The number of halogens is 3. The number of ether oxygens (including phenoxy) is 1. The summed E-state index contributed by atoms with van der Waals surface area (Å²) >= 11 is 0. The lowest BCUT2D eigenvalue weighted by Crippen LogP contribution is -2.52. The second-order valence-electron chi connectivity index (χ2n) is 7.35. The van der Waals surface area contributed by atoms with Crippen LogP contribution in [0.25, 0.3) is 0 Å². The molecule has 31 heavy (non-hydrogen) atoms. The predicted molar refractivity (Wildman–Crippen MR) is 108 cm³/mol. The number of hydrogen-bond acceptors (Lipinski definition) is 5. The van der Waals surface area contributed by atoms with Gasteiger partial charge in [-0.3, -0.25) is 14.9 Å². The number of nitro groups is 1. The quantitative estimate of drug-likeness (QED) is 0.521. The highest BCUT2D eigenvalue weighted by Crippen LogP contribution is 2.36. The van der Waals surface area contributed by atoms with Crippen molar-refractivity contribution in [1.29, 1.82) is 0 Å². The van der Waals surface area contributed by atoms with Crippen LogP contribution < -0.4 is 9.64 Å². The minimum atomic E-state index is -4.66. The molecular weight excluding hydrogens is 415 g/mol. The number of amides is 1. The molecule has 0 spiro atoms. The van der Waals surface area contributed by atoms with Gasteiger partial charge in [0.2, 0.25) is 0 Å². The minimum Gasteiger partial charge on any atom is -0.481 e. The van der Waals surface area contributed by atoms with Crippen molar-refractivity contribution >= 4 is 17.3 Å². The van der Waals surface area contributed by atoms with Crippen molar-refractivity contribution in [1.82, 2.24) is 4.90 Å². The number of nitro benzene ring substituents is 1. The third-order valence-corrected chi connectivity index (χ3v) is 5.08. The lowest BCUT2D eigenvalue weighted by molar-refractivity contribution is -0.384. The van der Waals surface area contributed by atoms with E-state index in [1.54, 1.807) is 22.8 Å². The minimum absolute atomic E-state index is 0.106. The van der Waals surface area contributed by atoms with Crippen molar-refractivity contribution in [2.75, 3.05) is 31.1 Å². The molecule has 3 rings (SSSR count). The zero-order valence-corrected chi connectivity index (χ0v) is 17.1.